The molecular formula is C22H33IN4O3. The Balaban J connectivity index is 0.00000256. The van der Waals surface area contributed by atoms with Gasteiger partial charge < -0.3 is 25.0 Å². The summed E-state index contributed by atoms with van der Waals surface area (Å²) < 4.78 is 11.4. The number of carbonyl (C=O) groups is 1. The number of guanidine groups is 1. The maximum atomic E-state index is 13.3. The second-order valence-electron chi connectivity index (χ2n) is 7.98. The molecule has 2 N–H and O–H groups in total. The van der Waals surface area contributed by atoms with Crippen LogP contribution in [0.5, 0.6) is 0 Å². The van der Waals surface area contributed by atoms with Gasteiger partial charge in [0.15, 0.2) is 5.96 Å². The number of morpholine rings is 1. The van der Waals surface area contributed by atoms with E-state index < -0.39 is 0 Å². The van der Waals surface area contributed by atoms with E-state index in [9.17, 15) is 4.79 Å². The van der Waals surface area contributed by atoms with Crippen LogP contribution in [-0.2, 0) is 14.3 Å². The number of hydrogen-bond donors (Lipinski definition) is 2. The van der Waals surface area contributed by atoms with E-state index in [1.165, 1.54) is 6.42 Å². The molecule has 2 bridgehead atoms. The van der Waals surface area contributed by atoms with Crippen molar-refractivity contribution in [2.75, 3.05) is 39.4 Å². The fourth-order valence-corrected chi connectivity index (χ4v) is 4.48. The molecule has 3 aliphatic rings. The number of ether oxygens (including phenoxy) is 2. The van der Waals surface area contributed by atoms with Crippen molar-refractivity contribution in [2.24, 2.45) is 4.99 Å². The molecule has 0 aromatic heterocycles. The molecule has 1 aromatic carbocycles. The van der Waals surface area contributed by atoms with Gasteiger partial charge in [0.25, 0.3) is 0 Å². The minimum Gasteiger partial charge on any atom is -0.378 e. The molecule has 4 atom stereocenters. The van der Waals surface area contributed by atoms with E-state index in [4.69, 9.17) is 14.5 Å². The van der Waals surface area contributed by atoms with Gasteiger partial charge in [-0.05, 0) is 31.7 Å². The average molecular weight is 528 g/mol. The summed E-state index contributed by atoms with van der Waals surface area (Å²) in [4.78, 5) is 20.0. The van der Waals surface area contributed by atoms with Crippen LogP contribution >= 0.6 is 24.0 Å². The summed E-state index contributed by atoms with van der Waals surface area (Å²) in [5.74, 6) is 0.604. The van der Waals surface area contributed by atoms with Gasteiger partial charge in [0.1, 0.15) is 0 Å². The molecule has 3 aliphatic heterocycles. The zero-order valence-electron chi connectivity index (χ0n) is 17.6. The van der Waals surface area contributed by atoms with Crippen molar-refractivity contribution < 1.29 is 14.3 Å². The number of rotatable bonds is 6. The third kappa shape index (κ3) is 5.64. The van der Waals surface area contributed by atoms with Crippen LogP contribution in [0.2, 0.25) is 0 Å². The number of aliphatic imine (C=N–C) groups is 1. The smallest absolute Gasteiger partial charge is 0.232 e. The van der Waals surface area contributed by atoms with E-state index in [-0.39, 0.29) is 41.9 Å². The SMILES string of the molecule is CCNC(=NCC(C(=O)N1CCOCC1)c1ccccc1)NC1CC2CCC1O2.I. The Morgan fingerprint density at radius 2 is 2.00 bits per heavy atom. The summed E-state index contributed by atoms with van der Waals surface area (Å²) in [6.07, 6.45) is 3.98. The van der Waals surface area contributed by atoms with E-state index in [0.29, 0.717) is 45.0 Å². The Morgan fingerprint density at radius 3 is 2.63 bits per heavy atom. The molecule has 166 valence electrons. The molecule has 0 spiro atoms. The number of fused-ring (bicyclic) bond motifs is 2. The van der Waals surface area contributed by atoms with Gasteiger partial charge in [0.05, 0.1) is 43.9 Å². The van der Waals surface area contributed by atoms with Crippen LogP contribution in [0.1, 0.15) is 37.7 Å². The van der Waals surface area contributed by atoms with Crippen molar-refractivity contribution in [3.63, 3.8) is 0 Å². The summed E-state index contributed by atoms with van der Waals surface area (Å²) in [6.45, 7) is 5.75. The number of nitrogens with zero attached hydrogens (tertiary/aromatic N) is 2. The lowest BCUT2D eigenvalue weighted by molar-refractivity contribution is -0.136. The fourth-order valence-electron chi connectivity index (χ4n) is 4.48. The molecule has 7 nitrogen and oxygen atoms in total. The Labute approximate surface area is 196 Å². The maximum absolute atomic E-state index is 13.3. The first-order valence-corrected chi connectivity index (χ1v) is 10.9. The molecule has 0 saturated carbocycles. The standard InChI is InChI=1S/C22H32N4O3.HI/c1-2-23-22(25-19-14-17-8-9-20(19)29-17)24-15-18(16-6-4-3-5-7-16)21(27)26-10-12-28-13-11-26;/h3-7,17-20H,2,8-15H2,1H3,(H2,23,24,25);1H. The lowest BCUT2D eigenvalue weighted by atomic mass is 9.95. The third-order valence-electron chi connectivity index (χ3n) is 6.03. The number of carbonyl (C=O) groups excluding carboxylic acids is 1. The molecule has 0 aliphatic carbocycles. The Kier molecular flexibility index (Phi) is 8.76. The largest absolute Gasteiger partial charge is 0.378 e. The molecule has 3 heterocycles. The van der Waals surface area contributed by atoms with Crippen molar-refractivity contribution in [2.45, 2.75) is 50.4 Å². The van der Waals surface area contributed by atoms with E-state index in [1.807, 2.05) is 35.2 Å². The predicted octanol–water partition coefficient (Wildman–Crippen LogP) is 2.12. The third-order valence-corrected chi connectivity index (χ3v) is 6.03. The second-order valence-corrected chi connectivity index (χ2v) is 7.98. The van der Waals surface area contributed by atoms with E-state index in [1.54, 1.807) is 0 Å². The molecule has 1 amide bonds. The molecule has 3 saturated heterocycles. The zero-order valence-corrected chi connectivity index (χ0v) is 19.9. The van der Waals surface area contributed by atoms with Gasteiger partial charge in [-0.1, -0.05) is 30.3 Å². The van der Waals surface area contributed by atoms with E-state index >= 15 is 0 Å². The molecule has 30 heavy (non-hydrogen) atoms. The fraction of sp³-hybridized carbons (Fsp3) is 0.636. The molecule has 0 radical (unpaired) electrons. The van der Waals surface area contributed by atoms with Gasteiger partial charge in [-0.2, -0.15) is 0 Å². The van der Waals surface area contributed by atoms with Crippen LogP contribution in [0.3, 0.4) is 0 Å². The monoisotopic (exact) mass is 528 g/mol. The number of benzene rings is 1. The predicted molar refractivity (Wildman–Crippen MR) is 127 cm³/mol. The molecular weight excluding hydrogens is 495 g/mol. The van der Waals surface area contributed by atoms with Gasteiger partial charge in [0, 0.05) is 19.6 Å². The van der Waals surface area contributed by atoms with E-state index in [2.05, 4.69) is 17.6 Å². The maximum Gasteiger partial charge on any atom is 0.232 e. The van der Waals surface area contributed by atoms with Gasteiger partial charge >= 0.3 is 0 Å². The highest BCUT2D eigenvalue weighted by Crippen LogP contribution is 2.34. The van der Waals surface area contributed by atoms with Gasteiger partial charge in [0.2, 0.25) is 5.91 Å². The lowest BCUT2D eigenvalue weighted by Gasteiger charge is -2.30. The summed E-state index contributed by atoms with van der Waals surface area (Å²) in [5.41, 5.74) is 1.01. The van der Waals surface area contributed by atoms with Crippen LogP contribution in [-0.4, -0.2) is 74.4 Å². The highest BCUT2D eigenvalue weighted by Gasteiger charge is 2.41. The van der Waals surface area contributed by atoms with Crippen LogP contribution in [0, 0.1) is 0 Å². The zero-order chi connectivity index (χ0) is 20.1. The first kappa shape index (κ1) is 23.3. The van der Waals surface area contributed by atoms with Gasteiger partial charge in [-0.3, -0.25) is 9.79 Å². The van der Waals surface area contributed by atoms with Crippen molar-refractivity contribution in [3.8, 4) is 0 Å². The topological polar surface area (TPSA) is 75.2 Å². The Bertz CT molecular complexity index is 712. The summed E-state index contributed by atoms with van der Waals surface area (Å²) in [6, 6.07) is 10.3. The molecule has 4 unspecified atom stereocenters. The van der Waals surface area contributed by atoms with Crippen molar-refractivity contribution in [1.29, 1.82) is 0 Å². The van der Waals surface area contributed by atoms with Gasteiger partial charge in [-0.15, -0.1) is 24.0 Å². The van der Waals surface area contributed by atoms with Gasteiger partial charge in [-0.25, -0.2) is 0 Å². The lowest BCUT2D eigenvalue weighted by Crippen LogP contribution is -2.48. The highest BCUT2D eigenvalue weighted by atomic mass is 127. The average Bonchev–Trinajstić information content (AvgIpc) is 3.38. The van der Waals surface area contributed by atoms with Crippen LogP contribution in [0.15, 0.2) is 35.3 Å². The highest BCUT2D eigenvalue weighted by molar-refractivity contribution is 14.0. The number of nitrogens with one attached hydrogen (secondary N) is 2. The molecule has 3 fully saturated rings. The van der Waals surface area contributed by atoms with Crippen LogP contribution in [0.4, 0.5) is 0 Å². The normalized spacial score (nSPS) is 26.8. The minimum absolute atomic E-state index is 0. The summed E-state index contributed by atoms with van der Waals surface area (Å²) in [5, 5.41) is 6.88. The minimum atomic E-state index is -0.291. The van der Waals surface area contributed by atoms with Crippen molar-refractivity contribution >= 4 is 35.8 Å². The Morgan fingerprint density at radius 1 is 1.23 bits per heavy atom. The molecule has 4 rings (SSSR count). The number of hydrogen-bond acceptors (Lipinski definition) is 4. The molecule has 1 aromatic rings. The summed E-state index contributed by atoms with van der Waals surface area (Å²) in [7, 11) is 0. The number of amides is 1. The molecule has 8 heteroatoms. The first-order valence-electron chi connectivity index (χ1n) is 10.9. The second kappa shape index (κ2) is 11.3. The quantitative estimate of drug-likeness (QED) is 0.336. The number of halogens is 1. The van der Waals surface area contributed by atoms with Crippen LogP contribution in [0.25, 0.3) is 0 Å². The van der Waals surface area contributed by atoms with Crippen LogP contribution < -0.4 is 10.6 Å². The van der Waals surface area contributed by atoms with Crippen molar-refractivity contribution in [3.05, 3.63) is 35.9 Å². The van der Waals surface area contributed by atoms with E-state index in [0.717, 1.165) is 30.9 Å². The summed E-state index contributed by atoms with van der Waals surface area (Å²) >= 11 is 0. The van der Waals surface area contributed by atoms with Crippen molar-refractivity contribution in [1.82, 2.24) is 15.5 Å². The Hall–Kier alpha value is -1.39. The first-order chi connectivity index (χ1) is 14.2.